The molecule has 0 N–H and O–H groups in total. The fourth-order valence-corrected chi connectivity index (χ4v) is 1.82. The molecule has 0 aromatic carbocycles. The molecule has 0 fully saturated rings. The Kier molecular flexibility index (Phi) is 6.24. The van der Waals surface area contributed by atoms with Crippen molar-refractivity contribution in [2.75, 3.05) is 52.6 Å². The third-order valence-electron chi connectivity index (χ3n) is 1.18. The molecule has 0 radical (unpaired) electrons. The molecule has 0 aliphatic heterocycles. The summed E-state index contributed by atoms with van der Waals surface area (Å²) < 4.78 is 32.7. The average molecular weight is 242 g/mol. The van der Waals surface area contributed by atoms with Crippen molar-refractivity contribution in [1.29, 1.82) is 0 Å². The van der Waals surface area contributed by atoms with E-state index in [9.17, 15) is 9.13 Å². The average Bonchev–Trinajstić information content (AvgIpc) is 1.92. The predicted molar refractivity (Wildman–Crippen MR) is 60.5 cm³/mol. The highest BCUT2D eigenvalue weighted by atomic mass is 31.2. The third kappa shape index (κ3) is 12.4. The Balaban J connectivity index is 3.32. The van der Waals surface area contributed by atoms with Gasteiger partial charge < -0.3 is 18.6 Å². The van der Waals surface area contributed by atoms with Crippen LogP contribution in [0.4, 0.5) is 0 Å². The first-order valence-corrected chi connectivity index (χ1v) is 10.0. The maximum Gasteiger partial charge on any atom is 0.106 e. The Bertz CT molecular complexity index is 214. The van der Waals surface area contributed by atoms with Gasteiger partial charge in [-0.25, -0.2) is 0 Å². The maximum atomic E-state index is 11.2. The third-order valence-corrected chi connectivity index (χ3v) is 2.79. The Morgan fingerprint density at radius 2 is 1.07 bits per heavy atom. The molecule has 0 heterocycles. The molecule has 0 aliphatic rings. The molecule has 0 atom stereocenters. The highest BCUT2D eigenvalue weighted by Crippen LogP contribution is 2.36. The highest BCUT2D eigenvalue weighted by Gasteiger charge is 2.08. The van der Waals surface area contributed by atoms with Crippen molar-refractivity contribution in [3.05, 3.63) is 0 Å². The van der Waals surface area contributed by atoms with Crippen LogP contribution in [0.25, 0.3) is 0 Å². The molecule has 0 aromatic rings. The van der Waals surface area contributed by atoms with Crippen molar-refractivity contribution in [3.8, 4) is 0 Å². The van der Waals surface area contributed by atoms with E-state index in [1.54, 1.807) is 26.7 Å². The molecule has 6 heteroatoms. The van der Waals surface area contributed by atoms with Gasteiger partial charge in [0.25, 0.3) is 0 Å². The zero-order valence-corrected chi connectivity index (χ0v) is 11.1. The van der Waals surface area contributed by atoms with Crippen LogP contribution in [0, 0.1) is 0 Å². The summed E-state index contributed by atoms with van der Waals surface area (Å²) in [6, 6.07) is 0. The lowest BCUT2D eigenvalue weighted by molar-refractivity contribution is 0.0836. The molecule has 0 aliphatic carbocycles. The Morgan fingerprint density at radius 1 is 0.786 bits per heavy atom. The van der Waals surface area contributed by atoms with Gasteiger partial charge >= 0.3 is 0 Å². The van der Waals surface area contributed by atoms with E-state index in [0.29, 0.717) is 13.2 Å². The van der Waals surface area contributed by atoms with Crippen LogP contribution in [0.3, 0.4) is 0 Å². The zero-order chi connectivity index (χ0) is 11.2. The summed E-state index contributed by atoms with van der Waals surface area (Å²) in [7, 11) is -4.16. The summed E-state index contributed by atoms with van der Waals surface area (Å²) in [5.41, 5.74) is 0. The lowest BCUT2D eigenvalue weighted by Crippen LogP contribution is -2.06. The second kappa shape index (κ2) is 6.07. The quantitative estimate of drug-likeness (QED) is 0.507. The topological polar surface area (TPSA) is 52.6 Å². The predicted octanol–water partition coefficient (Wildman–Crippen LogP) is 2.18. The minimum atomic E-state index is -2.08. The summed E-state index contributed by atoms with van der Waals surface area (Å²) in [6.45, 7) is 7.54. The van der Waals surface area contributed by atoms with Crippen LogP contribution in [0.15, 0.2) is 0 Å². The fraction of sp³-hybridized carbons (Fsp3) is 1.00. The number of rotatable bonds is 7. The van der Waals surface area contributed by atoms with Gasteiger partial charge in [0.05, 0.1) is 25.9 Å². The first kappa shape index (κ1) is 14.4. The van der Waals surface area contributed by atoms with E-state index in [2.05, 4.69) is 0 Å². The monoisotopic (exact) mass is 242 g/mol. The van der Waals surface area contributed by atoms with Gasteiger partial charge in [-0.1, -0.05) is 0 Å². The molecule has 0 bridgehead atoms. The van der Waals surface area contributed by atoms with Gasteiger partial charge in [-0.2, -0.15) is 0 Å². The van der Waals surface area contributed by atoms with E-state index >= 15 is 0 Å². The van der Waals surface area contributed by atoms with E-state index in [-0.39, 0.29) is 12.7 Å². The maximum absolute atomic E-state index is 11.2. The van der Waals surface area contributed by atoms with Crippen LogP contribution in [0.2, 0.25) is 0 Å². The molecule has 0 amide bonds. The molecule has 0 unspecified atom stereocenters. The van der Waals surface area contributed by atoms with Crippen molar-refractivity contribution >= 4 is 14.3 Å². The van der Waals surface area contributed by atoms with Crippen LogP contribution in [0.1, 0.15) is 0 Å². The minimum Gasteiger partial charge on any atom is -0.371 e. The van der Waals surface area contributed by atoms with E-state index in [1.807, 2.05) is 0 Å². The van der Waals surface area contributed by atoms with Crippen molar-refractivity contribution in [3.63, 3.8) is 0 Å². The molecule has 0 rings (SSSR count). The largest absolute Gasteiger partial charge is 0.371 e. The summed E-state index contributed by atoms with van der Waals surface area (Å²) in [5, 5.41) is 0. The van der Waals surface area contributed by atoms with Crippen LogP contribution < -0.4 is 0 Å². The van der Waals surface area contributed by atoms with Gasteiger partial charge in [0.15, 0.2) is 0 Å². The van der Waals surface area contributed by atoms with Crippen molar-refractivity contribution in [2.45, 2.75) is 0 Å². The molecular formula is C8H20O4P2. The van der Waals surface area contributed by atoms with Crippen molar-refractivity contribution < 1.29 is 18.6 Å². The highest BCUT2D eigenvalue weighted by molar-refractivity contribution is 7.62. The number of hydrogen-bond donors (Lipinski definition) is 0. The smallest absolute Gasteiger partial charge is 0.106 e. The van der Waals surface area contributed by atoms with Gasteiger partial charge in [-0.15, -0.1) is 0 Å². The first-order chi connectivity index (χ1) is 6.21. The van der Waals surface area contributed by atoms with E-state index in [1.165, 1.54) is 0 Å². The Morgan fingerprint density at radius 3 is 1.29 bits per heavy atom. The molecular weight excluding hydrogens is 222 g/mol. The molecule has 0 saturated heterocycles. The second-order valence-corrected chi connectivity index (χ2v) is 11.0. The Hall–Kier alpha value is 0.380. The minimum absolute atomic E-state index is 0.284. The van der Waals surface area contributed by atoms with E-state index < -0.39 is 14.3 Å². The van der Waals surface area contributed by atoms with Gasteiger partial charge in [-0.05, 0) is 26.7 Å². The molecule has 4 nitrogen and oxygen atoms in total. The van der Waals surface area contributed by atoms with Crippen LogP contribution in [-0.4, -0.2) is 52.6 Å². The number of hydrogen-bond acceptors (Lipinski definition) is 4. The second-order valence-electron chi connectivity index (χ2n) is 4.22. The molecule has 0 saturated carbocycles. The van der Waals surface area contributed by atoms with Crippen molar-refractivity contribution in [2.24, 2.45) is 0 Å². The summed E-state index contributed by atoms with van der Waals surface area (Å²) in [6.07, 6.45) is 0.568. The SMILES string of the molecule is CP(C)(=O)COCCOCP(C)(C)=O. The van der Waals surface area contributed by atoms with Gasteiger partial charge in [0.1, 0.15) is 14.3 Å². The normalized spacial score (nSPS) is 13.1. The van der Waals surface area contributed by atoms with Gasteiger partial charge in [0.2, 0.25) is 0 Å². The van der Waals surface area contributed by atoms with Crippen molar-refractivity contribution in [1.82, 2.24) is 0 Å². The summed E-state index contributed by atoms with van der Waals surface area (Å²) in [4.78, 5) is 0. The zero-order valence-electron chi connectivity index (χ0n) is 9.36. The lowest BCUT2D eigenvalue weighted by atomic mass is 10.8. The van der Waals surface area contributed by atoms with Gasteiger partial charge in [0, 0.05) is 0 Å². The first-order valence-electron chi connectivity index (χ1n) is 4.44. The summed E-state index contributed by atoms with van der Waals surface area (Å²) >= 11 is 0. The lowest BCUT2D eigenvalue weighted by Gasteiger charge is -2.09. The summed E-state index contributed by atoms with van der Waals surface area (Å²) in [5.74, 6) is 0. The fourth-order valence-electron chi connectivity index (χ4n) is 0.687. The molecule has 14 heavy (non-hydrogen) atoms. The van der Waals surface area contributed by atoms with Crippen LogP contribution >= 0.6 is 14.3 Å². The molecule has 0 aromatic heterocycles. The van der Waals surface area contributed by atoms with E-state index in [0.717, 1.165) is 0 Å². The molecule has 86 valence electrons. The van der Waals surface area contributed by atoms with Crippen LogP contribution in [-0.2, 0) is 18.6 Å². The molecule has 0 spiro atoms. The standard InChI is InChI=1S/C8H20O4P2/c1-13(2,9)7-11-5-6-12-8-14(3,4)10/h5-8H2,1-4H3. The van der Waals surface area contributed by atoms with Gasteiger partial charge in [-0.3, -0.25) is 0 Å². The number of ether oxygens (including phenoxy) is 2. The van der Waals surface area contributed by atoms with E-state index in [4.69, 9.17) is 9.47 Å². The van der Waals surface area contributed by atoms with Crippen LogP contribution in [0.5, 0.6) is 0 Å². The Labute approximate surface area is 86.1 Å².